The molecule has 4 heteroatoms. The maximum Gasteiger partial charge on any atom is 0.231 e. The van der Waals surface area contributed by atoms with Crippen LogP contribution in [0.1, 0.15) is 75.4 Å². The normalized spacial score (nSPS) is 39.8. The summed E-state index contributed by atoms with van der Waals surface area (Å²) in [5.74, 6) is 4.70. The fourth-order valence-corrected chi connectivity index (χ4v) is 4.87. The van der Waals surface area contributed by atoms with Crippen LogP contribution in [0.5, 0.6) is 0 Å². The van der Waals surface area contributed by atoms with Crippen LogP contribution < -0.4 is 5.32 Å². The molecule has 2 bridgehead atoms. The van der Waals surface area contributed by atoms with Gasteiger partial charge in [-0.05, 0) is 50.5 Å². The lowest BCUT2D eigenvalue weighted by Crippen LogP contribution is -2.31. The van der Waals surface area contributed by atoms with Crippen molar-refractivity contribution in [1.82, 2.24) is 15.5 Å². The zero-order valence-electron chi connectivity index (χ0n) is 12.3. The Morgan fingerprint density at radius 3 is 2.85 bits per heavy atom. The third-order valence-electron chi connectivity index (χ3n) is 5.83. The molecule has 1 heterocycles. The molecule has 0 spiro atoms. The molecule has 0 aliphatic heterocycles. The number of nitrogens with zero attached hydrogens (tertiary/aromatic N) is 2. The summed E-state index contributed by atoms with van der Waals surface area (Å²) >= 11 is 0. The van der Waals surface area contributed by atoms with Crippen molar-refractivity contribution in [2.24, 2.45) is 11.8 Å². The minimum atomic E-state index is 0.440. The van der Waals surface area contributed by atoms with E-state index in [1.54, 1.807) is 0 Å². The van der Waals surface area contributed by atoms with Gasteiger partial charge in [-0.15, -0.1) is 0 Å². The highest BCUT2D eigenvalue weighted by atomic mass is 16.5. The predicted octanol–water partition coefficient (Wildman–Crippen LogP) is 3.22. The minimum absolute atomic E-state index is 0.440. The van der Waals surface area contributed by atoms with E-state index < -0.39 is 0 Å². The Morgan fingerprint density at radius 2 is 2.10 bits per heavy atom. The summed E-state index contributed by atoms with van der Waals surface area (Å²) in [6.45, 7) is 3.19. The number of fused-ring (bicyclic) bond motifs is 2. The first-order chi connectivity index (χ1) is 9.85. The predicted molar refractivity (Wildman–Crippen MR) is 76.5 cm³/mol. The second-order valence-electron chi connectivity index (χ2n) is 6.97. The van der Waals surface area contributed by atoms with Crippen LogP contribution in [0.4, 0.5) is 0 Å². The molecule has 0 radical (unpaired) electrons. The van der Waals surface area contributed by atoms with Crippen molar-refractivity contribution >= 4 is 0 Å². The van der Waals surface area contributed by atoms with Gasteiger partial charge in [-0.3, -0.25) is 0 Å². The molecular weight excluding hydrogens is 250 g/mol. The summed E-state index contributed by atoms with van der Waals surface area (Å²) in [6, 6.07) is 0.535. The summed E-state index contributed by atoms with van der Waals surface area (Å²) in [4.78, 5) is 4.81. The number of aromatic nitrogens is 2. The summed E-state index contributed by atoms with van der Waals surface area (Å²) in [5, 5.41) is 7.91. The molecule has 1 N–H and O–H groups in total. The fourth-order valence-electron chi connectivity index (χ4n) is 4.87. The number of hydrogen-bond acceptors (Lipinski definition) is 4. The van der Waals surface area contributed by atoms with Crippen LogP contribution in [-0.4, -0.2) is 22.7 Å². The number of rotatable bonds is 4. The quantitative estimate of drug-likeness (QED) is 0.916. The molecule has 20 heavy (non-hydrogen) atoms. The smallest absolute Gasteiger partial charge is 0.231 e. The number of hydrogen-bond donors (Lipinski definition) is 1. The molecule has 0 saturated heterocycles. The SMILES string of the molecule is CCNC1CCCC1c1nc(C2CC3CCC2C3)no1. The van der Waals surface area contributed by atoms with Gasteiger partial charge in [0.05, 0.1) is 5.92 Å². The van der Waals surface area contributed by atoms with Crippen LogP contribution in [0.3, 0.4) is 0 Å². The van der Waals surface area contributed by atoms with Gasteiger partial charge in [0.15, 0.2) is 5.82 Å². The maximum absolute atomic E-state index is 5.64. The molecule has 3 aliphatic rings. The van der Waals surface area contributed by atoms with E-state index in [1.807, 2.05) is 0 Å². The summed E-state index contributed by atoms with van der Waals surface area (Å²) in [6.07, 6.45) is 9.21. The van der Waals surface area contributed by atoms with Gasteiger partial charge in [-0.2, -0.15) is 4.98 Å². The standard InChI is InChI=1S/C16H25N3O/c1-2-17-14-5-3-4-12(14)16-18-15(19-20-16)13-9-10-6-7-11(13)8-10/h10-14,17H,2-9H2,1H3. The van der Waals surface area contributed by atoms with E-state index >= 15 is 0 Å². The minimum Gasteiger partial charge on any atom is -0.339 e. The first kappa shape index (κ1) is 12.8. The molecule has 4 nitrogen and oxygen atoms in total. The average molecular weight is 275 g/mol. The third kappa shape index (κ3) is 2.09. The molecule has 0 aromatic carbocycles. The Balaban J connectivity index is 1.50. The lowest BCUT2D eigenvalue weighted by atomic mass is 9.88. The van der Waals surface area contributed by atoms with Gasteiger partial charge in [-0.1, -0.05) is 24.9 Å². The lowest BCUT2D eigenvalue weighted by Gasteiger charge is -2.18. The van der Waals surface area contributed by atoms with E-state index in [4.69, 9.17) is 9.51 Å². The lowest BCUT2D eigenvalue weighted by molar-refractivity contribution is 0.321. The Morgan fingerprint density at radius 1 is 1.15 bits per heavy atom. The van der Waals surface area contributed by atoms with E-state index in [0.717, 1.165) is 30.1 Å². The van der Waals surface area contributed by atoms with Crippen molar-refractivity contribution in [3.05, 3.63) is 11.7 Å². The highest BCUT2D eigenvalue weighted by Gasteiger charge is 2.43. The van der Waals surface area contributed by atoms with Gasteiger partial charge in [0.1, 0.15) is 0 Å². The van der Waals surface area contributed by atoms with Gasteiger partial charge in [-0.25, -0.2) is 0 Å². The molecule has 110 valence electrons. The van der Waals surface area contributed by atoms with Gasteiger partial charge < -0.3 is 9.84 Å². The monoisotopic (exact) mass is 275 g/mol. The Bertz CT molecular complexity index is 472. The molecule has 5 atom stereocenters. The van der Waals surface area contributed by atoms with Crippen LogP contribution in [0.15, 0.2) is 4.52 Å². The molecule has 1 aromatic rings. The first-order valence-corrected chi connectivity index (χ1v) is 8.42. The molecule has 0 amide bonds. The van der Waals surface area contributed by atoms with Gasteiger partial charge in [0, 0.05) is 12.0 Å². The van der Waals surface area contributed by atoms with Crippen molar-refractivity contribution in [1.29, 1.82) is 0 Å². The van der Waals surface area contributed by atoms with Crippen molar-refractivity contribution in [3.8, 4) is 0 Å². The second-order valence-corrected chi connectivity index (χ2v) is 6.97. The number of likely N-dealkylation sites (N-methyl/N-ethyl adjacent to an activating group) is 1. The van der Waals surface area contributed by atoms with Gasteiger partial charge >= 0.3 is 0 Å². The van der Waals surface area contributed by atoms with E-state index in [1.165, 1.54) is 44.9 Å². The molecule has 1 aromatic heterocycles. The van der Waals surface area contributed by atoms with Crippen LogP contribution in [-0.2, 0) is 0 Å². The molecule has 5 unspecified atom stereocenters. The van der Waals surface area contributed by atoms with Crippen molar-refractivity contribution in [3.63, 3.8) is 0 Å². The topological polar surface area (TPSA) is 51.0 Å². The maximum atomic E-state index is 5.64. The van der Waals surface area contributed by atoms with E-state index in [9.17, 15) is 0 Å². The number of nitrogens with one attached hydrogen (secondary N) is 1. The van der Waals surface area contributed by atoms with Crippen molar-refractivity contribution < 1.29 is 4.52 Å². The van der Waals surface area contributed by atoms with E-state index in [0.29, 0.717) is 17.9 Å². The summed E-state index contributed by atoms with van der Waals surface area (Å²) < 4.78 is 5.64. The average Bonchev–Trinajstić information content (AvgIpc) is 3.22. The third-order valence-corrected chi connectivity index (χ3v) is 5.83. The van der Waals surface area contributed by atoms with E-state index in [2.05, 4.69) is 17.4 Å². The van der Waals surface area contributed by atoms with Crippen molar-refractivity contribution in [2.45, 2.75) is 69.7 Å². The largest absolute Gasteiger partial charge is 0.339 e. The van der Waals surface area contributed by atoms with Gasteiger partial charge in [0.25, 0.3) is 0 Å². The molecule has 3 saturated carbocycles. The molecule has 3 fully saturated rings. The Hall–Kier alpha value is -0.900. The highest BCUT2D eigenvalue weighted by Crippen LogP contribution is 2.52. The van der Waals surface area contributed by atoms with Crippen LogP contribution in [0.2, 0.25) is 0 Å². The zero-order chi connectivity index (χ0) is 13.5. The highest BCUT2D eigenvalue weighted by molar-refractivity contribution is 5.09. The molecule has 3 aliphatic carbocycles. The second kappa shape index (κ2) is 5.14. The Kier molecular flexibility index (Phi) is 3.29. The van der Waals surface area contributed by atoms with E-state index in [-0.39, 0.29) is 0 Å². The fraction of sp³-hybridized carbons (Fsp3) is 0.875. The summed E-state index contributed by atoms with van der Waals surface area (Å²) in [5.41, 5.74) is 0. The first-order valence-electron chi connectivity index (χ1n) is 8.42. The van der Waals surface area contributed by atoms with Crippen molar-refractivity contribution in [2.75, 3.05) is 6.54 Å². The van der Waals surface area contributed by atoms with Gasteiger partial charge in [0.2, 0.25) is 5.89 Å². The zero-order valence-corrected chi connectivity index (χ0v) is 12.3. The Labute approximate surface area is 120 Å². The van der Waals surface area contributed by atoms with Crippen LogP contribution >= 0.6 is 0 Å². The molecule has 4 rings (SSSR count). The summed E-state index contributed by atoms with van der Waals surface area (Å²) in [7, 11) is 0. The van der Waals surface area contributed by atoms with Crippen LogP contribution in [0.25, 0.3) is 0 Å². The molecular formula is C16H25N3O. The van der Waals surface area contributed by atoms with Crippen LogP contribution in [0, 0.1) is 11.8 Å².